The zero-order valence-electron chi connectivity index (χ0n) is 22.7. The number of piperidine rings is 1. The monoisotopic (exact) mass is 508 g/mol. The lowest BCUT2D eigenvalue weighted by atomic mass is 9.94. The van der Waals surface area contributed by atoms with Crippen molar-refractivity contribution in [3.63, 3.8) is 0 Å². The van der Waals surface area contributed by atoms with Crippen molar-refractivity contribution < 1.29 is 14.4 Å². The van der Waals surface area contributed by atoms with Crippen LogP contribution in [0.2, 0.25) is 0 Å². The van der Waals surface area contributed by atoms with Crippen LogP contribution >= 0.6 is 0 Å². The van der Waals surface area contributed by atoms with Gasteiger partial charge in [0, 0.05) is 50.4 Å². The lowest BCUT2D eigenvalue weighted by Crippen LogP contribution is -2.44. The predicted molar refractivity (Wildman–Crippen MR) is 152 cm³/mol. The largest absolute Gasteiger partial charge is 0.375 e. The fraction of sp³-hybridized carbons (Fsp3) is 0.500. The number of hydrogen-bond donors (Lipinski definition) is 2. The molecule has 37 heavy (non-hydrogen) atoms. The van der Waals surface area contributed by atoms with Gasteiger partial charge in [0.25, 0.3) is 5.91 Å². The Bertz CT molecular complexity index is 987. The first kappa shape index (κ1) is 30.0. The molecule has 3 N–H and O–H groups in total. The molecule has 7 heteroatoms. The quantitative estimate of drug-likeness (QED) is 0.327. The first-order valence-electron chi connectivity index (χ1n) is 13.5. The van der Waals surface area contributed by atoms with Crippen molar-refractivity contribution in [2.45, 2.75) is 64.8 Å². The minimum absolute atomic E-state index is 0.0339. The number of aryl methyl sites for hydroxylation is 1. The summed E-state index contributed by atoms with van der Waals surface area (Å²) in [5.41, 5.74) is 9.25. The maximum atomic E-state index is 13.5. The van der Waals surface area contributed by atoms with Gasteiger partial charge in [-0.15, -0.1) is 0 Å². The average Bonchev–Trinajstić information content (AvgIpc) is 2.91. The Balaban J connectivity index is 0.00000153. The molecule has 1 fully saturated rings. The Hall–Kier alpha value is -3.19. The van der Waals surface area contributed by atoms with E-state index < -0.39 is 0 Å². The number of nitrogens with zero attached hydrogens (tertiary/aromatic N) is 2. The van der Waals surface area contributed by atoms with Crippen molar-refractivity contribution in [2.75, 3.05) is 38.1 Å². The van der Waals surface area contributed by atoms with Gasteiger partial charge in [-0.05, 0) is 73.5 Å². The highest BCUT2D eigenvalue weighted by Gasteiger charge is 2.22. The third kappa shape index (κ3) is 9.65. The minimum atomic E-state index is 0.0339. The van der Waals surface area contributed by atoms with Crippen LogP contribution in [0.4, 0.5) is 5.69 Å². The Labute approximate surface area is 222 Å². The molecule has 0 unspecified atom stereocenters. The van der Waals surface area contributed by atoms with Crippen molar-refractivity contribution in [2.24, 2.45) is 5.73 Å². The lowest BCUT2D eigenvalue weighted by molar-refractivity contribution is -0.108. The number of hydrogen-bond acceptors (Lipinski definition) is 5. The topological polar surface area (TPSA) is 95.7 Å². The minimum Gasteiger partial charge on any atom is -0.375 e. The van der Waals surface area contributed by atoms with E-state index in [4.69, 9.17) is 4.79 Å². The zero-order valence-corrected chi connectivity index (χ0v) is 22.7. The maximum absolute atomic E-state index is 13.5. The number of carbonyl (C=O) groups excluding carboxylic acids is 3. The number of anilines is 1. The van der Waals surface area contributed by atoms with Gasteiger partial charge in [-0.1, -0.05) is 44.5 Å². The van der Waals surface area contributed by atoms with Gasteiger partial charge in [-0.3, -0.25) is 9.59 Å². The van der Waals surface area contributed by atoms with Gasteiger partial charge in [0.05, 0.1) is 0 Å². The van der Waals surface area contributed by atoms with E-state index in [-0.39, 0.29) is 18.4 Å². The van der Waals surface area contributed by atoms with Gasteiger partial charge < -0.3 is 25.6 Å². The molecule has 2 aromatic carbocycles. The number of carbonyl (C=O) groups is 3. The molecule has 202 valence electrons. The van der Waals surface area contributed by atoms with E-state index in [9.17, 15) is 9.59 Å². The van der Waals surface area contributed by atoms with E-state index in [1.54, 1.807) is 0 Å². The van der Waals surface area contributed by atoms with Crippen LogP contribution in [-0.2, 0) is 16.0 Å². The molecule has 1 saturated heterocycles. The second-order valence-electron chi connectivity index (χ2n) is 9.64. The summed E-state index contributed by atoms with van der Waals surface area (Å²) in [6, 6.07) is 14.9. The molecule has 0 aliphatic carbocycles. The molecular weight excluding hydrogens is 464 g/mol. The molecule has 0 atom stereocenters. The van der Waals surface area contributed by atoms with Gasteiger partial charge in [0.1, 0.15) is 6.29 Å². The maximum Gasteiger partial charge on any atom is 0.252 e. The summed E-state index contributed by atoms with van der Waals surface area (Å²) in [6.07, 6.45) is 7.85. The van der Waals surface area contributed by atoms with Crippen LogP contribution in [0.25, 0.3) is 11.1 Å². The van der Waals surface area contributed by atoms with Crippen molar-refractivity contribution in [3.8, 4) is 11.1 Å². The summed E-state index contributed by atoms with van der Waals surface area (Å²) < 4.78 is 0. The Morgan fingerprint density at radius 2 is 1.84 bits per heavy atom. The number of primary amides is 1. The standard InChI is InChI=1S/C29H41N3O2.CH3NO/c1-4-9-23-12-13-27(24-10-8-11-26(22-24)31(3)17-6-7-20-33)28(21-23)29(34)30-25-14-18-32(16-5-2)19-15-25;2-1-3/h8,10-13,20-22,25H,4-7,9,14-19H2,1-3H3,(H,30,34);1H,(H2,2,3). The van der Waals surface area contributed by atoms with E-state index in [0.29, 0.717) is 6.42 Å². The number of aldehydes is 1. The third-order valence-electron chi connectivity index (χ3n) is 6.74. The summed E-state index contributed by atoms with van der Waals surface area (Å²) in [5.74, 6) is 0.0339. The summed E-state index contributed by atoms with van der Waals surface area (Å²) in [7, 11) is 2.05. The van der Waals surface area contributed by atoms with Gasteiger partial charge in [0.2, 0.25) is 6.41 Å². The Morgan fingerprint density at radius 1 is 1.11 bits per heavy atom. The molecule has 0 bridgehead atoms. The van der Waals surface area contributed by atoms with Crippen molar-refractivity contribution >= 4 is 24.3 Å². The number of unbranched alkanes of at least 4 members (excludes halogenated alkanes) is 1. The van der Waals surface area contributed by atoms with Crippen LogP contribution in [0.5, 0.6) is 0 Å². The normalized spacial score (nSPS) is 13.8. The van der Waals surface area contributed by atoms with Crippen LogP contribution in [0, 0.1) is 0 Å². The number of nitrogens with two attached hydrogens (primary N) is 1. The summed E-state index contributed by atoms with van der Waals surface area (Å²) in [6.45, 7) is 8.46. The number of rotatable bonds is 12. The highest BCUT2D eigenvalue weighted by atomic mass is 16.1. The average molecular weight is 509 g/mol. The van der Waals surface area contributed by atoms with Crippen LogP contribution in [0.3, 0.4) is 0 Å². The molecular formula is C30H44N4O3. The molecule has 1 aliphatic heterocycles. The molecule has 0 aromatic heterocycles. The molecule has 0 spiro atoms. The summed E-state index contributed by atoms with van der Waals surface area (Å²) in [5, 5.41) is 3.34. The van der Waals surface area contributed by atoms with E-state index in [0.717, 1.165) is 86.9 Å². The highest BCUT2D eigenvalue weighted by molar-refractivity contribution is 6.01. The summed E-state index contributed by atoms with van der Waals surface area (Å²) in [4.78, 5) is 37.4. The predicted octanol–water partition coefficient (Wildman–Crippen LogP) is 4.43. The number of benzene rings is 2. The van der Waals surface area contributed by atoms with E-state index in [2.05, 4.69) is 71.1 Å². The smallest absolute Gasteiger partial charge is 0.252 e. The molecule has 1 aliphatic rings. The van der Waals surface area contributed by atoms with Crippen LogP contribution in [0.15, 0.2) is 42.5 Å². The fourth-order valence-corrected chi connectivity index (χ4v) is 4.81. The van der Waals surface area contributed by atoms with Crippen molar-refractivity contribution in [1.82, 2.24) is 10.2 Å². The van der Waals surface area contributed by atoms with Gasteiger partial charge >= 0.3 is 0 Å². The number of likely N-dealkylation sites (tertiary alicyclic amines) is 1. The second kappa shape index (κ2) is 16.5. The lowest BCUT2D eigenvalue weighted by Gasteiger charge is -2.32. The molecule has 0 radical (unpaired) electrons. The van der Waals surface area contributed by atoms with E-state index in [1.165, 1.54) is 12.0 Å². The SMILES string of the molecule is CCCc1ccc(-c2cccc(N(C)CCCC=O)c2)c(C(=O)NC2CCN(CCC)CC2)c1.NC=O. The number of nitrogens with one attached hydrogen (secondary N) is 1. The third-order valence-corrected chi connectivity index (χ3v) is 6.74. The van der Waals surface area contributed by atoms with Gasteiger partial charge in [0.15, 0.2) is 0 Å². The first-order chi connectivity index (χ1) is 18.0. The van der Waals surface area contributed by atoms with E-state index in [1.807, 2.05) is 13.1 Å². The number of amides is 2. The zero-order chi connectivity index (χ0) is 27.0. The molecule has 3 rings (SSSR count). The molecule has 1 heterocycles. The van der Waals surface area contributed by atoms with Gasteiger partial charge in [-0.2, -0.15) is 0 Å². The van der Waals surface area contributed by atoms with Gasteiger partial charge in [-0.25, -0.2) is 0 Å². The first-order valence-corrected chi connectivity index (χ1v) is 13.5. The van der Waals surface area contributed by atoms with Crippen LogP contribution < -0.4 is 16.0 Å². The molecule has 2 aromatic rings. The van der Waals surface area contributed by atoms with Crippen molar-refractivity contribution in [3.05, 3.63) is 53.6 Å². The van der Waals surface area contributed by atoms with Crippen molar-refractivity contribution in [1.29, 1.82) is 0 Å². The Kier molecular flexibility index (Phi) is 13.4. The van der Waals surface area contributed by atoms with Crippen LogP contribution in [0.1, 0.15) is 68.3 Å². The highest BCUT2D eigenvalue weighted by Crippen LogP contribution is 2.29. The summed E-state index contributed by atoms with van der Waals surface area (Å²) >= 11 is 0. The molecule has 0 saturated carbocycles. The fourth-order valence-electron chi connectivity index (χ4n) is 4.81. The second-order valence-corrected chi connectivity index (χ2v) is 9.64. The molecule has 7 nitrogen and oxygen atoms in total. The van der Waals surface area contributed by atoms with Crippen LogP contribution in [-0.4, -0.2) is 62.8 Å². The Morgan fingerprint density at radius 3 is 2.49 bits per heavy atom. The molecule has 2 amide bonds. The van der Waals surface area contributed by atoms with E-state index >= 15 is 0 Å².